The van der Waals surface area contributed by atoms with Gasteiger partial charge in [0.05, 0.1) is 35.7 Å². The highest BCUT2D eigenvalue weighted by molar-refractivity contribution is 5.74. The van der Waals surface area contributed by atoms with E-state index in [1.807, 2.05) is 18.2 Å². The Hall–Kier alpha value is -3.02. The molecule has 3 heterocycles. The lowest BCUT2D eigenvalue weighted by Crippen LogP contribution is -1.99. The van der Waals surface area contributed by atoms with E-state index < -0.39 is 0 Å². The van der Waals surface area contributed by atoms with Crippen LogP contribution in [0.3, 0.4) is 0 Å². The second-order valence-corrected chi connectivity index (χ2v) is 4.21. The molecule has 0 aliphatic rings. The Labute approximate surface area is 115 Å². The van der Waals surface area contributed by atoms with Crippen LogP contribution >= 0.6 is 0 Å². The predicted molar refractivity (Wildman–Crippen MR) is 77.3 cm³/mol. The summed E-state index contributed by atoms with van der Waals surface area (Å²) < 4.78 is 0. The third-order valence-electron chi connectivity index (χ3n) is 2.78. The van der Waals surface area contributed by atoms with Crippen molar-refractivity contribution in [2.75, 3.05) is 11.5 Å². The summed E-state index contributed by atoms with van der Waals surface area (Å²) in [5, 5.41) is 0. The Kier molecular flexibility index (Phi) is 2.96. The highest BCUT2D eigenvalue weighted by Crippen LogP contribution is 2.25. The quantitative estimate of drug-likeness (QED) is 0.731. The number of anilines is 2. The minimum atomic E-state index is 0.367. The third kappa shape index (κ3) is 2.26. The van der Waals surface area contributed by atoms with Crippen LogP contribution in [0.1, 0.15) is 0 Å². The normalized spacial score (nSPS) is 10.4. The molecule has 0 radical (unpaired) electrons. The first-order valence-corrected chi connectivity index (χ1v) is 5.99. The van der Waals surface area contributed by atoms with Crippen molar-refractivity contribution in [3.63, 3.8) is 0 Å². The molecule has 6 heteroatoms. The molecule has 6 nitrogen and oxygen atoms in total. The molecule has 3 aromatic rings. The van der Waals surface area contributed by atoms with Crippen LogP contribution in [0.25, 0.3) is 22.6 Å². The lowest BCUT2D eigenvalue weighted by molar-refractivity contribution is 1.17. The van der Waals surface area contributed by atoms with E-state index in [2.05, 4.69) is 19.9 Å². The molecule has 4 N–H and O–H groups in total. The number of pyridine rings is 2. The number of hydrogen-bond donors (Lipinski definition) is 2. The molecule has 0 aliphatic heterocycles. The molecule has 98 valence electrons. The Morgan fingerprint density at radius 2 is 1.70 bits per heavy atom. The van der Waals surface area contributed by atoms with Crippen LogP contribution < -0.4 is 11.5 Å². The highest BCUT2D eigenvalue weighted by atomic mass is 14.9. The summed E-state index contributed by atoms with van der Waals surface area (Å²) in [5.74, 6) is 0.367. The topological polar surface area (TPSA) is 104 Å². The predicted octanol–water partition coefficient (Wildman–Crippen LogP) is 1.77. The fourth-order valence-corrected chi connectivity index (χ4v) is 1.83. The van der Waals surface area contributed by atoms with Gasteiger partial charge in [-0.2, -0.15) is 0 Å². The Morgan fingerprint density at radius 3 is 2.50 bits per heavy atom. The number of hydrogen-bond acceptors (Lipinski definition) is 6. The van der Waals surface area contributed by atoms with Gasteiger partial charge in [0.1, 0.15) is 11.5 Å². The van der Waals surface area contributed by atoms with Crippen molar-refractivity contribution in [1.29, 1.82) is 0 Å². The molecular formula is C14H12N6. The smallest absolute Gasteiger partial charge is 0.133 e. The fourth-order valence-electron chi connectivity index (χ4n) is 1.83. The van der Waals surface area contributed by atoms with Crippen LogP contribution in [-0.4, -0.2) is 19.9 Å². The summed E-state index contributed by atoms with van der Waals surface area (Å²) >= 11 is 0. The molecule has 0 aliphatic carbocycles. The molecule has 0 atom stereocenters. The Balaban J connectivity index is 2.10. The number of nitrogen functional groups attached to an aromatic ring is 2. The monoisotopic (exact) mass is 264 g/mol. The molecule has 0 spiro atoms. The van der Waals surface area contributed by atoms with Crippen LogP contribution in [-0.2, 0) is 0 Å². The van der Waals surface area contributed by atoms with Gasteiger partial charge in [0.25, 0.3) is 0 Å². The molecule has 0 saturated carbocycles. The molecule has 0 fully saturated rings. The van der Waals surface area contributed by atoms with Gasteiger partial charge >= 0.3 is 0 Å². The molecule has 0 unspecified atom stereocenters. The Bertz CT molecular complexity index is 742. The molecule has 0 amide bonds. The average molecular weight is 264 g/mol. The Morgan fingerprint density at radius 1 is 0.850 bits per heavy atom. The first-order chi connectivity index (χ1) is 9.74. The van der Waals surface area contributed by atoms with Crippen molar-refractivity contribution in [3.05, 3.63) is 49.1 Å². The molecular weight excluding hydrogens is 252 g/mol. The third-order valence-corrected chi connectivity index (χ3v) is 2.78. The standard InChI is InChI=1S/C14H12N6/c15-9-5-10(14(16)19-6-9)12-7-17-8-13(20-12)11-3-1-2-4-18-11/h1-8H,15H2,(H2,16,19). The summed E-state index contributed by atoms with van der Waals surface area (Å²) in [4.78, 5) is 17.0. The lowest BCUT2D eigenvalue weighted by atomic mass is 10.1. The number of nitrogens with zero attached hydrogens (tertiary/aromatic N) is 4. The van der Waals surface area contributed by atoms with Gasteiger partial charge in [-0.15, -0.1) is 0 Å². The number of nitrogens with two attached hydrogens (primary N) is 2. The zero-order chi connectivity index (χ0) is 13.9. The summed E-state index contributed by atoms with van der Waals surface area (Å²) in [5.41, 5.74) is 14.8. The van der Waals surface area contributed by atoms with E-state index in [0.717, 1.165) is 5.69 Å². The second-order valence-electron chi connectivity index (χ2n) is 4.21. The first kappa shape index (κ1) is 12.0. The molecule has 3 rings (SSSR count). The van der Waals surface area contributed by atoms with Crippen LogP contribution in [0.4, 0.5) is 11.5 Å². The average Bonchev–Trinajstić information content (AvgIpc) is 2.51. The molecule has 0 aromatic carbocycles. The molecule has 3 aromatic heterocycles. The van der Waals surface area contributed by atoms with E-state index in [0.29, 0.717) is 28.5 Å². The van der Waals surface area contributed by atoms with Gasteiger partial charge in [-0.25, -0.2) is 9.97 Å². The summed E-state index contributed by atoms with van der Waals surface area (Å²) in [7, 11) is 0. The number of rotatable bonds is 2. The molecule has 20 heavy (non-hydrogen) atoms. The van der Waals surface area contributed by atoms with Gasteiger partial charge in [0.15, 0.2) is 0 Å². The molecule has 0 bridgehead atoms. The van der Waals surface area contributed by atoms with E-state index in [4.69, 9.17) is 11.5 Å². The van der Waals surface area contributed by atoms with E-state index in [1.54, 1.807) is 24.7 Å². The van der Waals surface area contributed by atoms with Gasteiger partial charge in [-0.1, -0.05) is 6.07 Å². The van der Waals surface area contributed by atoms with Crippen LogP contribution in [0.2, 0.25) is 0 Å². The highest BCUT2D eigenvalue weighted by Gasteiger charge is 2.09. The minimum absolute atomic E-state index is 0.367. The maximum absolute atomic E-state index is 5.86. The van der Waals surface area contributed by atoms with Gasteiger partial charge < -0.3 is 11.5 Å². The van der Waals surface area contributed by atoms with Gasteiger partial charge in [0, 0.05) is 11.8 Å². The van der Waals surface area contributed by atoms with Crippen LogP contribution in [0, 0.1) is 0 Å². The van der Waals surface area contributed by atoms with Crippen molar-refractivity contribution in [2.24, 2.45) is 0 Å². The summed E-state index contributed by atoms with van der Waals surface area (Å²) in [6.45, 7) is 0. The fraction of sp³-hybridized carbons (Fsp3) is 0. The zero-order valence-corrected chi connectivity index (χ0v) is 10.6. The van der Waals surface area contributed by atoms with E-state index in [-0.39, 0.29) is 0 Å². The van der Waals surface area contributed by atoms with E-state index in [9.17, 15) is 0 Å². The van der Waals surface area contributed by atoms with Crippen molar-refractivity contribution in [1.82, 2.24) is 19.9 Å². The SMILES string of the molecule is Nc1cnc(N)c(-c2cncc(-c3ccccn3)n2)c1. The van der Waals surface area contributed by atoms with Crippen LogP contribution in [0.15, 0.2) is 49.1 Å². The maximum Gasteiger partial charge on any atom is 0.133 e. The second kappa shape index (κ2) is 4.93. The van der Waals surface area contributed by atoms with Gasteiger partial charge in [-0.3, -0.25) is 9.97 Å². The van der Waals surface area contributed by atoms with E-state index in [1.165, 1.54) is 6.20 Å². The summed E-state index contributed by atoms with van der Waals surface area (Å²) in [6.07, 6.45) is 6.50. The van der Waals surface area contributed by atoms with Gasteiger partial charge in [-0.05, 0) is 18.2 Å². The van der Waals surface area contributed by atoms with Crippen molar-refractivity contribution >= 4 is 11.5 Å². The summed E-state index contributed by atoms with van der Waals surface area (Å²) in [6, 6.07) is 7.34. The maximum atomic E-state index is 5.86. The van der Waals surface area contributed by atoms with Crippen molar-refractivity contribution < 1.29 is 0 Å². The van der Waals surface area contributed by atoms with Crippen LogP contribution in [0.5, 0.6) is 0 Å². The lowest BCUT2D eigenvalue weighted by Gasteiger charge is -2.06. The van der Waals surface area contributed by atoms with Gasteiger partial charge in [0.2, 0.25) is 0 Å². The largest absolute Gasteiger partial charge is 0.397 e. The number of aromatic nitrogens is 4. The molecule has 0 saturated heterocycles. The zero-order valence-electron chi connectivity index (χ0n) is 10.6. The van der Waals surface area contributed by atoms with Crippen molar-refractivity contribution in [3.8, 4) is 22.6 Å². The van der Waals surface area contributed by atoms with E-state index >= 15 is 0 Å². The first-order valence-electron chi connectivity index (χ1n) is 5.99. The minimum Gasteiger partial charge on any atom is -0.397 e. The van der Waals surface area contributed by atoms with Crippen molar-refractivity contribution in [2.45, 2.75) is 0 Å².